The van der Waals surface area contributed by atoms with E-state index in [2.05, 4.69) is 17.2 Å². The first-order chi connectivity index (χ1) is 12.1. The minimum absolute atomic E-state index is 0.112. The molecule has 0 saturated carbocycles. The van der Waals surface area contributed by atoms with Crippen molar-refractivity contribution in [2.45, 2.75) is 20.3 Å². The highest BCUT2D eigenvalue weighted by molar-refractivity contribution is 7.15. The van der Waals surface area contributed by atoms with Crippen molar-refractivity contribution in [3.05, 3.63) is 45.0 Å². The third-order valence-corrected chi connectivity index (χ3v) is 6.10. The first-order valence-electron chi connectivity index (χ1n) is 7.90. The van der Waals surface area contributed by atoms with Crippen LogP contribution in [0.1, 0.15) is 27.0 Å². The third kappa shape index (κ3) is 3.12. The maximum absolute atomic E-state index is 12.4. The summed E-state index contributed by atoms with van der Waals surface area (Å²) in [6.45, 7) is 4.38. The molecule has 3 heterocycles. The molecule has 1 amide bonds. The predicted octanol–water partition coefficient (Wildman–Crippen LogP) is 4.72. The molecule has 0 bridgehead atoms. The average molecular weight is 372 g/mol. The smallest absolute Gasteiger partial charge is 0.267 e. The van der Waals surface area contributed by atoms with E-state index in [4.69, 9.17) is 9.47 Å². The molecule has 0 spiro atoms. The number of hydrogen-bond acceptors (Lipinski definition) is 6. The summed E-state index contributed by atoms with van der Waals surface area (Å²) >= 11 is 2.94. The number of thiazole rings is 1. The SMILES string of the molecule is CCc1sc(C(=O)Nc2nc(-c3ccc4c(c3)OCO4)cs2)cc1C. The van der Waals surface area contributed by atoms with Gasteiger partial charge in [-0.2, -0.15) is 0 Å². The summed E-state index contributed by atoms with van der Waals surface area (Å²) in [5.41, 5.74) is 2.90. The van der Waals surface area contributed by atoms with Crippen molar-refractivity contribution in [3.63, 3.8) is 0 Å². The second-order valence-corrected chi connectivity index (χ2v) is 7.63. The number of thiophene rings is 1. The molecule has 3 aromatic rings. The monoisotopic (exact) mass is 372 g/mol. The fourth-order valence-electron chi connectivity index (χ4n) is 2.66. The summed E-state index contributed by atoms with van der Waals surface area (Å²) in [4.78, 5) is 18.9. The number of hydrogen-bond donors (Lipinski definition) is 1. The molecular weight excluding hydrogens is 356 g/mol. The van der Waals surface area contributed by atoms with Gasteiger partial charge in [0.15, 0.2) is 16.6 Å². The number of nitrogens with one attached hydrogen (secondary N) is 1. The fourth-order valence-corrected chi connectivity index (χ4v) is 4.38. The molecule has 25 heavy (non-hydrogen) atoms. The standard InChI is InChI=1S/C18H16N2O3S2/c1-3-15-10(2)6-16(25-15)17(21)20-18-19-12(8-24-18)11-4-5-13-14(7-11)23-9-22-13/h4-8H,3,9H2,1-2H3,(H,19,20,21). The molecule has 0 aliphatic carbocycles. The van der Waals surface area contributed by atoms with Crippen LogP contribution in [0.5, 0.6) is 11.5 Å². The topological polar surface area (TPSA) is 60.5 Å². The van der Waals surface area contributed by atoms with E-state index in [9.17, 15) is 4.79 Å². The van der Waals surface area contributed by atoms with Crippen LogP contribution in [0.2, 0.25) is 0 Å². The molecule has 0 atom stereocenters. The van der Waals surface area contributed by atoms with Crippen LogP contribution in [0.4, 0.5) is 5.13 Å². The van der Waals surface area contributed by atoms with Gasteiger partial charge in [0.05, 0.1) is 10.6 Å². The summed E-state index contributed by atoms with van der Waals surface area (Å²) in [5.74, 6) is 1.35. The van der Waals surface area contributed by atoms with E-state index in [1.165, 1.54) is 27.6 Å². The van der Waals surface area contributed by atoms with Crippen molar-refractivity contribution >= 4 is 33.7 Å². The van der Waals surface area contributed by atoms with Crippen molar-refractivity contribution in [1.29, 1.82) is 0 Å². The zero-order chi connectivity index (χ0) is 17.4. The number of fused-ring (bicyclic) bond motifs is 1. The van der Waals surface area contributed by atoms with Gasteiger partial charge < -0.3 is 9.47 Å². The van der Waals surface area contributed by atoms with Crippen LogP contribution in [-0.2, 0) is 6.42 Å². The molecule has 0 saturated heterocycles. The maximum Gasteiger partial charge on any atom is 0.267 e. The average Bonchev–Trinajstić information content (AvgIpc) is 3.32. The molecule has 1 aliphatic heterocycles. The second kappa shape index (κ2) is 6.50. The maximum atomic E-state index is 12.4. The van der Waals surface area contributed by atoms with E-state index in [0.29, 0.717) is 10.0 Å². The van der Waals surface area contributed by atoms with Gasteiger partial charge in [-0.3, -0.25) is 10.1 Å². The van der Waals surface area contributed by atoms with Gasteiger partial charge in [0, 0.05) is 15.8 Å². The van der Waals surface area contributed by atoms with E-state index in [1.807, 2.05) is 36.6 Å². The Hall–Kier alpha value is -2.38. The minimum atomic E-state index is -0.112. The van der Waals surface area contributed by atoms with E-state index in [1.54, 1.807) is 0 Å². The molecule has 1 aliphatic rings. The summed E-state index contributed by atoms with van der Waals surface area (Å²) < 4.78 is 10.7. The second-order valence-electron chi connectivity index (χ2n) is 5.63. The third-order valence-electron chi connectivity index (χ3n) is 3.96. The van der Waals surface area contributed by atoms with Crippen molar-refractivity contribution in [2.75, 3.05) is 12.1 Å². The Balaban J connectivity index is 1.52. The number of aromatic nitrogens is 1. The lowest BCUT2D eigenvalue weighted by molar-refractivity contribution is 0.103. The van der Waals surface area contributed by atoms with Crippen LogP contribution in [0.15, 0.2) is 29.6 Å². The Labute approximate surface area is 153 Å². The van der Waals surface area contributed by atoms with Crippen molar-refractivity contribution in [1.82, 2.24) is 4.98 Å². The first-order valence-corrected chi connectivity index (χ1v) is 9.60. The summed E-state index contributed by atoms with van der Waals surface area (Å²) in [5, 5.41) is 5.39. The van der Waals surface area contributed by atoms with Crippen LogP contribution < -0.4 is 14.8 Å². The molecule has 4 rings (SSSR count). The Bertz CT molecular complexity index is 946. The molecule has 0 unspecified atom stereocenters. The summed E-state index contributed by atoms with van der Waals surface area (Å²) in [6.07, 6.45) is 0.940. The van der Waals surface area contributed by atoms with Crippen LogP contribution in [-0.4, -0.2) is 17.7 Å². The number of carbonyl (C=O) groups is 1. The highest BCUT2D eigenvalue weighted by Crippen LogP contribution is 2.36. The molecule has 1 N–H and O–H groups in total. The lowest BCUT2D eigenvalue weighted by atomic mass is 10.1. The molecule has 2 aromatic heterocycles. The Morgan fingerprint density at radius 2 is 2.12 bits per heavy atom. The van der Waals surface area contributed by atoms with Crippen molar-refractivity contribution < 1.29 is 14.3 Å². The molecular formula is C18H16N2O3S2. The van der Waals surface area contributed by atoms with Gasteiger partial charge in [0.2, 0.25) is 6.79 Å². The van der Waals surface area contributed by atoms with E-state index in [-0.39, 0.29) is 12.7 Å². The van der Waals surface area contributed by atoms with Gasteiger partial charge in [-0.15, -0.1) is 22.7 Å². The quantitative estimate of drug-likeness (QED) is 0.720. The highest BCUT2D eigenvalue weighted by Gasteiger charge is 2.17. The number of rotatable bonds is 4. The van der Waals surface area contributed by atoms with Gasteiger partial charge in [0.25, 0.3) is 5.91 Å². The molecule has 0 fully saturated rings. The Morgan fingerprint density at radius 3 is 2.92 bits per heavy atom. The largest absolute Gasteiger partial charge is 0.454 e. The van der Waals surface area contributed by atoms with Crippen LogP contribution in [0.3, 0.4) is 0 Å². The molecule has 7 heteroatoms. The molecule has 0 radical (unpaired) electrons. The fraction of sp³-hybridized carbons (Fsp3) is 0.222. The van der Waals surface area contributed by atoms with E-state index >= 15 is 0 Å². The summed E-state index contributed by atoms with van der Waals surface area (Å²) in [6, 6.07) is 7.64. The minimum Gasteiger partial charge on any atom is -0.454 e. The van der Waals surface area contributed by atoms with Gasteiger partial charge in [-0.1, -0.05) is 6.92 Å². The van der Waals surface area contributed by atoms with Crippen LogP contribution in [0.25, 0.3) is 11.3 Å². The first kappa shape index (κ1) is 16.1. The molecule has 1 aromatic carbocycles. The molecule has 5 nitrogen and oxygen atoms in total. The lowest BCUT2D eigenvalue weighted by Gasteiger charge is -2.00. The Kier molecular flexibility index (Phi) is 4.19. The predicted molar refractivity (Wildman–Crippen MR) is 100 cm³/mol. The zero-order valence-corrected chi connectivity index (χ0v) is 15.4. The molecule has 128 valence electrons. The zero-order valence-electron chi connectivity index (χ0n) is 13.8. The number of benzene rings is 1. The lowest BCUT2D eigenvalue weighted by Crippen LogP contribution is -2.09. The number of ether oxygens (including phenoxy) is 2. The van der Waals surface area contributed by atoms with Crippen molar-refractivity contribution in [2.24, 2.45) is 0 Å². The van der Waals surface area contributed by atoms with Crippen LogP contribution in [0, 0.1) is 6.92 Å². The van der Waals surface area contributed by atoms with Crippen molar-refractivity contribution in [3.8, 4) is 22.8 Å². The highest BCUT2D eigenvalue weighted by atomic mass is 32.1. The van der Waals surface area contributed by atoms with E-state index < -0.39 is 0 Å². The number of nitrogens with zero attached hydrogens (tertiary/aromatic N) is 1. The number of carbonyl (C=O) groups excluding carboxylic acids is 1. The number of amides is 1. The van der Waals surface area contributed by atoms with Gasteiger partial charge in [-0.05, 0) is 43.2 Å². The van der Waals surface area contributed by atoms with Crippen LogP contribution >= 0.6 is 22.7 Å². The normalized spacial score (nSPS) is 12.4. The van der Waals surface area contributed by atoms with Gasteiger partial charge >= 0.3 is 0 Å². The van der Waals surface area contributed by atoms with Gasteiger partial charge in [-0.25, -0.2) is 4.98 Å². The number of anilines is 1. The summed E-state index contributed by atoms with van der Waals surface area (Å²) in [7, 11) is 0. The Morgan fingerprint density at radius 1 is 1.28 bits per heavy atom. The van der Waals surface area contributed by atoms with Gasteiger partial charge in [0.1, 0.15) is 0 Å². The number of aryl methyl sites for hydroxylation is 2. The van der Waals surface area contributed by atoms with E-state index in [0.717, 1.165) is 34.7 Å².